The molecule has 1 aromatic carbocycles. The lowest BCUT2D eigenvalue weighted by Gasteiger charge is -2.10. The number of hydrogen-bond acceptors (Lipinski definition) is 2. The van der Waals surface area contributed by atoms with Crippen LogP contribution in [0.25, 0.3) is 0 Å². The average molecular weight is 289 g/mol. The largest absolute Gasteiger partial charge is 0.416 e. The molecule has 0 aliphatic heterocycles. The Bertz CT molecular complexity index is 534. The molecule has 0 radical (unpaired) electrons. The lowest BCUT2D eigenvalue weighted by Crippen LogP contribution is -2.14. The van der Waals surface area contributed by atoms with Gasteiger partial charge in [0.05, 0.1) is 5.56 Å². The van der Waals surface area contributed by atoms with Crippen LogP contribution in [0.1, 0.15) is 16.7 Å². The van der Waals surface area contributed by atoms with Crippen molar-refractivity contribution in [3.05, 3.63) is 57.5 Å². The third kappa shape index (κ3) is 4.04. The molecule has 1 nitrogen and oxygen atoms in total. The summed E-state index contributed by atoms with van der Waals surface area (Å²) in [5.74, 6) is -0.873. The number of nitrogens with one attached hydrogen (secondary N) is 1. The molecule has 0 amide bonds. The SMILES string of the molecule is Fc1cc(CNCc2ccsc2)cc(C(F)(F)F)c1. The first-order valence-electron chi connectivity index (χ1n) is 5.53. The minimum atomic E-state index is -4.52. The van der Waals surface area contributed by atoms with E-state index >= 15 is 0 Å². The second-order valence-electron chi connectivity index (χ2n) is 4.08. The molecule has 102 valence electrons. The van der Waals surface area contributed by atoms with Gasteiger partial charge in [0.25, 0.3) is 0 Å². The maximum absolute atomic E-state index is 13.1. The molecule has 0 aliphatic carbocycles. The van der Waals surface area contributed by atoms with Crippen molar-refractivity contribution < 1.29 is 17.6 Å². The van der Waals surface area contributed by atoms with Crippen LogP contribution < -0.4 is 5.32 Å². The fourth-order valence-corrected chi connectivity index (χ4v) is 2.33. The second-order valence-corrected chi connectivity index (χ2v) is 4.86. The van der Waals surface area contributed by atoms with Gasteiger partial charge in [-0.1, -0.05) is 0 Å². The van der Waals surface area contributed by atoms with E-state index in [-0.39, 0.29) is 12.1 Å². The molecule has 0 saturated heterocycles. The minimum absolute atomic E-state index is 0.191. The van der Waals surface area contributed by atoms with Gasteiger partial charge in [-0.2, -0.15) is 24.5 Å². The van der Waals surface area contributed by atoms with E-state index in [2.05, 4.69) is 5.32 Å². The van der Waals surface area contributed by atoms with Crippen molar-refractivity contribution in [1.29, 1.82) is 0 Å². The number of halogens is 4. The van der Waals surface area contributed by atoms with Crippen LogP contribution >= 0.6 is 11.3 Å². The smallest absolute Gasteiger partial charge is 0.309 e. The van der Waals surface area contributed by atoms with Crippen LogP contribution in [0.3, 0.4) is 0 Å². The van der Waals surface area contributed by atoms with Gasteiger partial charge in [-0.05, 0) is 46.2 Å². The maximum atomic E-state index is 13.1. The Labute approximate surface area is 111 Å². The zero-order valence-electron chi connectivity index (χ0n) is 9.80. The highest BCUT2D eigenvalue weighted by Gasteiger charge is 2.31. The summed E-state index contributed by atoms with van der Waals surface area (Å²) in [5.41, 5.74) is 0.375. The Balaban J connectivity index is 2.02. The van der Waals surface area contributed by atoms with Crippen LogP contribution in [0.4, 0.5) is 17.6 Å². The molecule has 0 saturated carbocycles. The number of alkyl halides is 3. The Hall–Kier alpha value is -1.40. The van der Waals surface area contributed by atoms with Gasteiger partial charge in [-0.25, -0.2) is 4.39 Å². The maximum Gasteiger partial charge on any atom is 0.416 e. The van der Waals surface area contributed by atoms with Gasteiger partial charge in [0.15, 0.2) is 0 Å². The van der Waals surface area contributed by atoms with Crippen LogP contribution in [0, 0.1) is 5.82 Å². The monoisotopic (exact) mass is 289 g/mol. The fourth-order valence-electron chi connectivity index (χ4n) is 1.66. The minimum Gasteiger partial charge on any atom is -0.309 e. The molecule has 0 atom stereocenters. The van der Waals surface area contributed by atoms with Crippen molar-refractivity contribution >= 4 is 11.3 Å². The van der Waals surface area contributed by atoms with Crippen molar-refractivity contribution in [1.82, 2.24) is 5.32 Å². The number of rotatable bonds is 4. The third-order valence-corrected chi connectivity index (χ3v) is 3.26. The van der Waals surface area contributed by atoms with E-state index < -0.39 is 17.6 Å². The summed E-state index contributed by atoms with van der Waals surface area (Å²) in [7, 11) is 0. The number of benzene rings is 1. The molecule has 2 rings (SSSR count). The Morgan fingerprint density at radius 1 is 1.05 bits per heavy atom. The molecular weight excluding hydrogens is 278 g/mol. The first-order valence-corrected chi connectivity index (χ1v) is 6.48. The van der Waals surface area contributed by atoms with Gasteiger partial charge in [0, 0.05) is 13.1 Å². The summed E-state index contributed by atoms with van der Waals surface area (Å²) in [4.78, 5) is 0. The summed E-state index contributed by atoms with van der Waals surface area (Å²) >= 11 is 1.55. The molecule has 1 N–H and O–H groups in total. The second kappa shape index (κ2) is 5.71. The van der Waals surface area contributed by atoms with Gasteiger partial charge in [-0.3, -0.25) is 0 Å². The summed E-state index contributed by atoms with van der Waals surface area (Å²) in [6.45, 7) is 0.734. The van der Waals surface area contributed by atoms with Crippen LogP contribution in [0.2, 0.25) is 0 Å². The van der Waals surface area contributed by atoms with Gasteiger partial charge < -0.3 is 5.32 Å². The first-order chi connectivity index (χ1) is 8.95. The zero-order valence-corrected chi connectivity index (χ0v) is 10.6. The molecule has 0 aliphatic rings. The number of hydrogen-bond donors (Lipinski definition) is 1. The van der Waals surface area contributed by atoms with Gasteiger partial charge in [-0.15, -0.1) is 0 Å². The topological polar surface area (TPSA) is 12.0 Å². The van der Waals surface area contributed by atoms with E-state index in [0.29, 0.717) is 12.6 Å². The van der Waals surface area contributed by atoms with Gasteiger partial charge in [0.2, 0.25) is 0 Å². The molecule has 19 heavy (non-hydrogen) atoms. The highest BCUT2D eigenvalue weighted by Crippen LogP contribution is 2.30. The first kappa shape index (κ1) is 14.0. The van der Waals surface area contributed by atoms with E-state index in [1.54, 1.807) is 11.3 Å². The normalized spacial score (nSPS) is 11.8. The lowest BCUT2D eigenvalue weighted by atomic mass is 10.1. The summed E-state index contributed by atoms with van der Waals surface area (Å²) < 4.78 is 50.7. The fraction of sp³-hybridized carbons (Fsp3) is 0.231. The van der Waals surface area contributed by atoms with Crippen LogP contribution in [0.15, 0.2) is 35.0 Å². The molecule has 0 fully saturated rings. The molecule has 0 bridgehead atoms. The van der Waals surface area contributed by atoms with Crippen molar-refractivity contribution in [2.75, 3.05) is 0 Å². The van der Waals surface area contributed by atoms with Crippen molar-refractivity contribution in [2.24, 2.45) is 0 Å². The summed E-state index contributed by atoms with van der Waals surface area (Å²) in [6.07, 6.45) is -4.52. The summed E-state index contributed by atoms with van der Waals surface area (Å²) in [6, 6.07) is 4.49. The Morgan fingerprint density at radius 2 is 1.79 bits per heavy atom. The molecule has 2 aromatic rings. The standard InChI is InChI=1S/C13H11F4NS/c14-12-4-10(3-11(5-12)13(15,16)17)7-18-6-9-1-2-19-8-9/h1-5,8,18H,6-7H2. The van der Waals surface area contributed by atoms with Gasteiger partial charge >= 0.3 is 6.18 Å². The molecular formula is C13H11F4NS. The molecule has 1 aromatic heterocycles. The van der Waals surface area contributed by atoms with Crippen LogP contribution in [-0.4, -0.2) is 0 Å². The van der Waals surface area contributed by atoms with E-state index in [4.69, 9.17) is 0 Å². The van der Waals surface area contributed by atoms with E-state index in [0.717, 1.165) is 17.7 Å². The summed E-state index contributed by atoms with van der Waals surface area (Å²) in [5, 5.41) is 6.84. The Kier molecular flexibility index (Phi) is 4.21. The predicted molar refractivity (Wildman–Crippen MR) is 66.3 cm³/mol. The van der Waals surface area contributed by atoms with Crippen molar-refractivity contribution in [2.45, 2.75) is 19.3 Å². The van der Waals surface area contributed by atoms with Crippen molar-refractivity contribution in [3.63, 3.8) is 0 Å². The van der Waals surface area contributed by atoms with Crippen LogP contribution in [-0.2, 0) is 19.3 Å². The molecule has 1 heterocycles. The third-order valence-electron chi connectivity index (χ3n) is 2.52. The van der Waals surface area contributed by atoms with E-state index in [9.17, 15) is 17.6 Å². The highest BCUT2D eigenvalue weighted by atomic mass is 32.1. The number of thiophene rings is 1. The predicted octanol–water partition coefficient (Wildman–Crippen LogP) is 4.20. The zero-order chi connectivity index (χ0) is 13.9. The molecule has 0 spiro atoms. The Morgan fingerprint density at radius 3 is 2.42 bits per heavy atom. The quantitative estimate of drug-likeness (QED) is 0.832. The molecule has 6 heteroatoms. The average Bonchev–Trinajstić information content (AvgIpc) is 2.80. The highest BCUT2D eigenvalue weighted by molar-refractivity contribution is 7.07. The van der Waals surface area contributed by atoms with Crippen LogP contribution in [0.5, 0.6) is 0 Å². The molecule has 0 unspecified atom stereocenters. The lowest BCUT2D eigenvalue weighted by molar-refractivity contribution is -0.137. The van der Waals surface area contributed by atoms with Gasteiger partial charge in [0.1, 0.15) is 5.82 Å². The van der Waals surface area contributed by atoms with E-state index in [1.165, 1.54) is 0 Å². The van der Waals surface area contributed by atoms with E-state index in [1.807, 2.05) is 16.8 Å². The van der Waals surface area contributed by atoms with Crippen molar-refractivity contribution in [3.8, 4) is 0 Å².